The van der Waals surface area contributed by atoms with Gasteiger partial charge < -0.3 is 10.1 Å². The number of benzene rings is 1. The Labute approximate surface area is 118 Å². The summed E-state index contributed by atoms with van der Waals surface area (Å²) in [6, 6.07) is 8.79. The Morgan fingerprint density at radius 3 is 2.70 bits per heavy atom. The third-order valence-electron chi connectivity index (χ3n) is 3.11. The van der Waals surface area contributed by atoms with Gasteiger partial charge >= 0.3 is 0 Å². The molecule has 0 atom stereocenters. The van der Waals surface area contributed by atoms with E-state index in [9.17, 15) is 4.39 Å². The van der Waals surface area contributed by atoms with Crippen molar-refractivity contribution in [1.82, 2.24) is 10.3 Å². The van der Waals surface area contributed by atoms with Gasteiger partial charge in [-0.05, 0) is 37.6 Å². The van der Waals surface area contributed by atoms with Gasteiger partial charge in [-0.1, -0.05) is 25.1 Å². The number of ether oxygens (including phenoxy) is 1. The topological polar surface area (TPSA) is 34.1 Å². The van der Waals surface area contributed by atoms with Crippen LogP contribution < -0.4 is 10.1 Å². The predicted molar refractivity (Wildman–Crippen MR) is 77.6 cm³/mol. The summed E-state index contributed by atoms with van der Waals surface area (Å²) in [6.45, 7) is 7.37. The summed E-state index contributed by atoms with van der Waals surface area (Å²) >= 11 is 0. The van der Waals surface area contributed by atoms with Crippen LogP contribution in [-0.2, 0) is 6.54 Å². The number of nitrogens with zero attached hydrogens (tertiary/aromatic N) is 1. The van der Waals surface area contributed by atoms with E-state index in [1.807, 2.05) is 13.0 Å². The second-order valence-corrected chi connectivity index (χ2v) is 4.66. The molecule has 0 fully saturated rings. The Morgan fingerprint density at radius 2 is 2.00 bits per heavy atom. The molecule has 20 heavy (non-hydrogen) atoms. The minimum absolute atomic E-state index is 0.205. The van der Waals surface area contributed by atoms with Crippen LogP contribution in [0.25, 0.3) is 0 Å². The molecule has 0 spiro atoms. The number of hydrogen-bond acceptors (Lipinski definition) is 3. The maximum atomic E-state index is 13.9. The lowest BCUT2D eigenvalue weighted by Crippen LogP contribution is -2.13. The summed E-state index contributed by atoms with van der Waals surface area (Å²) in [4.78, 5) is 4.36. The molecule has 3 nitrogen and oxygen atoms in total. The zero-order valence-corrected chi connectivity index (χ0v) is 12.0. The van der Waals surface area contributed by atoms with Crippen molar-refractivity contribution in [2.75, 3.05) is 6.54 Å². The Balaban J connectivity index is 2.18. The lowest BCUT2D eigenvalue weighted by Gasteiger charge is -2.10. The van der Waals surface area contributed by atoms with E-state index in [0.717, 1.165) is 24.3 Å². The first-order valence-corrected chi connectivity index (χ1v) is 6.72. The van der Waals surface area contributed by atoms with E-state index in [4.69, 9.17) is 4.74 Å². The highest BCUT2D eigenvalue weighted by Gasteiger charge is 2.09. The highest BCUT2D eigenvalue weighted by molar-refractivity contribution is 5.34. The summed E-state index contributed by atoms with van der Waals surface area (Å²) in [6.07, 6.45) is 0. The quantitative estimate of drug-likeness (QED) is 0.902. The van der Waals surface area contributed by atoms with Gasteiger partial charge in [0.1, 0.15) is 0 Å². The fourth-order valence-electron chi connectivity index (χ4n) is 1.88. The van der Waals surface area contributed by atoms with E-state index in [1.54, 1.807) is 31.2 Å². The Kier molecular flexibility index (Phi) is 4.69. The molecule has 2 rings (SSSR count). The second-order valence-electron chi connectivity index (χ2n) is 4.66. The monoisotopic (exact) mass is 274 g/mol. The van der Waals surface area contributed by atoms with E-state index < -0.39 is 0 Å². The summed E-state index contributed by atoms with van der Waals surface area (Å²) in [5, 5.41) is 3.25. The summed E-state index contributed by atoms with van der Waals surface area (Å²) in [7, 11) is 0. The van der Waals surface area contributed by atoms with Crippen molar-refractivity contribution in [3.63, 3.8) is 0 Å². The largest absolute Gasteiger partial charge is 0.436 e. The Hall–Kier alpha value is -1.94. The van der Waals surface area contributed by atoms with E-state index in [1.165, 1.54) is 0 Å². The zero-order valence-electron chi connectivity index (χ0n) is 12.0. The predicted octanol–water partition coefficient (Wildman–Crippen LogP) is 3.74. The SMILES string of the molecule is CCNCc1ccc(Oc2cccc(C)c2F)nc1C. The van der Waals surface area contributed by atoms with E-state index >= 15 is 0 Å². The van der Waals surface area contributed by atoms with Crippen LogP contribution in [-0.4, -0.2) is 11.5 Å². The molecule has 1 heterocycles. The second kappa shape index (κ2) is 6.48. The molecular formula is C16H19FN2O. The molecule has 0 saturated carbocycles. The number of aryl methyl sites for hydroxylation is 2. The molecule has 2 aromatic rings. The Morgan fingerprint density at radius 1 is 1.20 bits per heavy atom. The number of nitrogens with one attached hydrogen (secondary N) is 1. The first kappa shape index (κ1) is 14.5. The van der Waals surface area contributed by atoms with Gasteiger partial charge in [-0.15, -0.1) is 0 Å². The van der Waals surface area contributed by atoms with Gasteiger partial charge in [-0.3, -0.25) is 0 Å². The maximum Gasteiger partial charge on any atom is 0.219 e. The van der Waals surface area contributed by atoms with Gasteiger partial charge in [0.05, 0.1) is 0 Å². The molecule has 0 aliphatic heterocycles. The zero-order chi connectivity index (χ0) is 14.5. The molecule has 106 valence electrons. The minimum atomic E-state index is -0.344. The number of aromatic nitrogens is 1. The molecule has 1 aromatic heterocycles. The van der Waals surface area contributed by atoms with Crippen LogP contribution in [0, 0.1) is 19.7 Å². The van der Waals surface area contributed by atoms with Crippen LogP contribution in [0.2, 0.25) is 0 Å². The summed E-state index contributed by atoms with van der Waals surface area (Å²) in [5.41, 5.74) is 2.56. The van der Waals surface area contributed by atoms with E-state index in [0.29, 0.717) is 11.4 Å². The molecular weight excluding hydrogens is 255 g/mol. The molecule has 4 heteroatoms. The van der Waals surface area contributed by atoms with Crippen molar-refractivity contribution in [3.8, 4) is 11.6 Å². The fraction of sp³-hybridized carbons (Fsp3) is 0.312. The molecule has 0 aliphatic carbocycles. The highest BCUT2D eigenvalue weighted by atomic mass is 19.1. The first-order chi connectivity index (χ1) is 9.61. The third-order valence-corrected chi connectivity index (χ3v) is 3.11. The number of hydrogen-bond donors (Lipinski definition) is 1. The molecule has 0 radical (unpaired) electrons. The minimum Gasteiger partial charge on any atom is -0.436 e. The van der Waals surface area contributed by atoms with Gasteiger partial charge in [0, 0.05) is 18.3 Å². The van der Waals surface area contributed by atoms with Gasteiger partial charge in [0.25, 0.3) is 0 Å². The van der Waals surface area contributed by atoms with Crippen LogP contribution >= 0.6 is 0 Å². The van der Waals surface area contributed by atoms with Gasteiger partial charge in [-0.2, -0.15) is 0 Å². The average molecular weight is 274 g/mol. The van der Waals surface area contributed by atoms with Crippen LogP contribution in [0.1, 0.15) is 23.7 Å². The number of halogens is 1. The van der Waals surface area contributed by atoms with Crippen molar-refractivity contribution in [3.05, 3.63) is 53.0 Å². The van der Waals surface area contributed by atoms with Gasteiger partial charge in [-0.25, -0.2) is 9.37 Å². The van der Waals surface area contributed by atoms with Gasteiger partial charge in [0.15, 0.2) is 11.6 Å². The van der Waals surface area contributed by atoms with Crippen molar-refractivity contribution < 1.29 is 9.13 Å². The molecule has 1 N–H and O–H groups in total. The molecule has 1 aromatic carbocycles. The van der Waals surface area contributed by atoms with Gasteiger partial charge in [0.2, 0.25) is 5.88 Å². The van der Waals surface area contributed by atoms with Crippen LogP contribution in [0.4, 0.5) is 4.39 Å². The van der Waals surface area contributed by atoms with Crippen molar-refractivity contribution >= 4 is 0 Å². The lowest BCUT2D eigenvalue weighted by atomic mass is 10.2. The van der Waals surface area contributed by atoms with Crippen LogP contribution in [0.5, 0.6) is 11.6 Å². The first-order valence-electron chi connectivity index (χ1n) is 6.72. The fourth-order valence-corrected chi connectivity index (χ4v) is 1.88. The molecule has 0 bridgehead atoms. The Bertz CT molecular complexity index is 599. The molecule has 0 saturated heterocycles. The summed E-state index contributed by atoms with van der Waals surface area (Å²) in [5.74, 6) is 0.271. The summed E-state index contributed by atoms with van der Waals surface area (Å²) < 4.78 is 19.4. The standard InChI is InChI=1S/C16H19FN2O/c1-4-18-10-13-8-9-15(19-12(13)3)20-14-7-5-6-11(2)16(14)17/h5-9,18H,4,10H2,1-3H3. The smallest absolute Gasteiger partial charge is 0.219 e. The van der Waals surface area contributed by atoms with E-state index in [-0.39, 0.29) is 11.6 Å². The van der Waals surface area contributed by atoms with Crippen molar-refractivity contribution in [1.29, 1.82) is 0 Å². The van der Waals surface area contributed by atoms with E-state index in [2.05, 4.69) is 17.2 Å². The maximum absolute atomic E-state index is 13.9. The van der Waals surface area contributed by atoms with Crippen molar-refractivity contribution in [2.24, 2.45) is 0 Å². The molecule has 0 amide bonds. The average Bonchev–Trinajstić information content (AvgIpc) is 2.43. The molecule has 0 unspecified atom stereocenters. The van der Waals surface area contributed by atoms with Crippen LogP contribution in [0.15, 0.2) is 30.3 Å². The van der Waals surface area contributed by atoms with Crippen LogP contribution in [0.3, 0.4) is 0 Å². The normalized spacial score (nSPS) is 10.6. The lowest BCUT2D eigenvalue weighted by molar-refractivity contribution is 0.424. The molecule has 0 aliphatic rings. The highest BCUT2D eigenvalue weighted by Crippen LogP contribution is 2.25. The third kappa shape index (κ3) is 3.33. The van der Waals surface area contributed by atoms with Crippen molar-refractivity contribution in [2.45, 2.75) is 27.3 Å². The number of rotatable bonds is 5. The number of pyridine rings is 1.